The Hall–Kier alpha value is -2.19. The van der Waals surface area contributed by atoms with E-state index in [1.54, 1.807) is 6.26 Å². The highest BCUT2D eigenvalue weighted by atomic mass is 16.3. The molecular formula is C16H25N7O. The molecule has 0 bridgehead atoms. The monoisotopic (exact) mass is 331 g/mol. The van der Waals surface area contributed by atoms with E-state index in [0.717, 1.165) is 44.3 Å². The number of nitrogens with two attached hydrogens (primary N) is 1. The van der Waals surface area contributed by atoms with Gasteiger partial charge in [-0.15, -0.1) is 0 Å². The van der Waals surface area contributed by atoms with Gasteiger partial charge in [-0.25, -0.2) is 0 Å². The van der Waals surface area contributed by atoms with Gasteiger partial charge < -0.3 is 15.1 Å². The van der Waals surface area contributed by atoms with Crippen molar-refractivity contribution in [2.45, 2.75) is 19.5 Å². The molecule has 0 spiro atoms. The second-order valence-corrected chi connectivity index (χ2v) is 6.31. The van der Waals surface area contributed by atoms with E-state index in [-0.39, 0.29) is 12.0 Å². The quantitative estimate of drug-likeness (QED) is 0.868. The molecule has 0 aromatic carbocycles. The van der Waals surface area contributed by atoms with Crippen LogP contribution in [-0.4, -0.2) is 65.0 Å². The molecule has 2 N–H and O–H groups in total. The molecule has 0 amide bonds. The summed E-state index contributed by atoms with van der Waals surface area (Å²) in [5.74, 6) is 2.61. The third-order valence-electron chi connectivity index (χ3n) is 4.35. The summed E-state index contributed by atoms with van der Waals surface area (Å²) in [6, 6.07) is 4.06. The lowest BCUT2D eigenvalue weighted by Gasteiger charge is -2.37. The molecule has 1 fully saturated rings. The normalized spacial score (nSPS) is 17.8. The van der Waals surface area contributed by atoms with Gasteiger partial charge in [0, 0.05) is 40.3 Å². The molecule has 3 rings (SSSR count). The Balaban J connectivity index is 1.61. The number of piperazine rings is 1. The summed E-state index contributed by atoms with van der Waals surface area (Å²) >= 11 is 0. The second-order valence-electron chi connectivity index (χ2n) is 6.31. The van der Waals surface area contributed by atoms with Gasteiger partial charge in [0.25, 0.3) is 0 Å². The molecule has 1 atom stereocenters. The number of rotatable bonds is 5. The molecule has 0 unspecified atom stereocenters. The average molecular weight is 331 g/mol. The molecule has 0 aliphatic carbocycles. The second kappa shape index (κ2) is 7.14. The molecule has 0 saturated carbocycles. The average Bonchev–Trinajstić information content (AvgIpc) is 3.07. The molecule has 1 saturated heterocycles. The van der Waals surface area contributed by atoms with E-state index in [9.17, 15) is 0 Å². The van der Waals surface area contributed by atoms with E-state index in [1.165, 1.54) is 0 Å². The molecule has 8 heteroatoms. The first-order chi connectivity index (χ1) is 11.5. The zero-order chi connectivity index (χ0) is 17.1. The summed E-state index contributed by atoms with van der Waals surface area (Å²) in [6.45, 7) is 6.89. The van der Waals surface area contributed by atoms with Crippen LogP contribution in [0.2, 0.25) is 0 Å². The molecular weight excluding hydrogens is 306 g/mol. The number of anilines is 2. The SMILES string of the molecule is C[C@H](c1nc(N)nc(N(C)C)n1)N1CCN(Cc2ccco2)CC1. The van der Waals surface area contributed by atoms with Crippen LogP contribution in [0.3, 0.4) is 0 Å². The predicted molar refractivity (Wildman–Crippen MR) is 92.5 cm³/mol. The zero-order valence-corrected chi connectivity index (χ0v) is 14.5. The highest BCUT2D eigenvalue weighted by molar-refractivity contribution is 5.33. The molecule has 8 nitrogen and oxygen atoms in total. The van der Waals surface area contributed by atoms with Gasteiger partial charge >= 0.3 is 0 Å². The first-order valence-corrected chi connectivity index (χ1v) is 8.20. The fourth-order valence-corrected chi connectivity index (χ4v) is 2.88. The van der Waals surface area contributed by atoms with Gasteiger partial charge in [-0.05, 0) is 19.1 Å². The standard InChI is InChI=1S/C16H25N7O/c1-12(14-18-15(17)20-16(19-14)21(2)3)23-8-6-22(7-9-23)11-13-5-4-10-24-13/h4-5,10,12H,6-9,11H2,1-3H3,(H2,17,18,19,20)/t12-/m1/s1. The Bertz CT molecular complexity index is 650. The minimum absolute atomic E-state index is 0.111. The highest BCUT2D eigenvalue weighted by Crippen LogP contribution is 2.21. The third kappa shape index (κ3) is 3.82. The van der Waals surface area contributed by atoms with Gasteiger partial charge in [0.15, 0.2) is 5.82 Å². The number of hydrogen-bond donors (Lipinski definition) is 1. The number of nitrogen functional groups attached to an aromatic ring is 1. The summed E-state index contributed by atoms with van der Waals surface area (Å²) in [5, 5.41) is 0. The van der Waals surface area contributed by atoms with Crippen molar-refractivity contribution in [1.29, 1.82) is 0 Å². The van der Waals surface area contributed by atoms with Crippen LogP contribution >= 0.6 is 0 Å². The summed E-state index contributed by atoms with van der Waals surface area (Å²) in [5.41, 5.74) is 5.84. The Labute approximate surface area is 142 Å². The molecule has 2 aromatic rings. The molecule has 0 radical (unpaired) electrons. The zero-order valence-electron chi connectivity index (χ0n) is 14.5. The Kier molecular flexibility index (Phi) is 4.96. The molecule has 130 valence electrons. The van der Waals surface area contributed by atoms with Crippen molar-refractivity contribution >= 4 is 11.9 Å². The lowest BCUT2D eigenvalue weighted by Crippen LogP contribution is -2.47. The first-order valence-electron chi connectivity index (χ1n) is 8.20. The van der Waals surface area contributed by atoms with Crippen LogP contribution in [0.4, 0.5) is 11.9 Å². The largest absolute Gasteiger partial charge is 0.468 e. The fraction of sp³-hybridized carbons (Fsp3) is 0.562. The van der Waals surface area contributed by atoms with Crippen LogP contribution < -0.4 is 10.6 Å². The lowest BCUT2D eigenvalue weighted by atomic mass is 10.2. The Morgan fingerprint density at radius 2 is 1.96 bits per heavy atom. The Morgan fingerprint density at radius 3 is 2.58 bits per heavy atom. The minimum atomic E-state index is 0.111. The van der Waals surface area contributed by atoms with Crippen molar-refractivity contribution in [3.63, 3.8) is 0 Å². The molecule has 24 heavy (non-hydrogen) atoms. The van der Waals surface area contributed by atoms with Gasteiger partial charge in [-0.2, -0.15) is 15.0 Å². The van der Waals surface area contributed by atoms with Gasteiger partial charge in [-0.3, -0.25) is 9.80 Å². The van der Waals surface area contributed by atoms with Gasteiger partial charge in [-0.1, -0.05) is 0 Å². The Morgan fingerprint density at radius 1 is 1.21 bits per heavy atom. The van der Waals surface area contributed by atoms with E-state index in [1.807, 2.05) is 31.1 Å². The summed E-state index contributed by atoms with van der Waals surface area (Å²) < 4.78 is 5.43. The van der Waals surface area contributed by atoms with Crippen molar-refractivity contribution < 1.29 is 4.42 Å². The lowest BCUT2D eigenvalue weighted by molar-refractivity contribution is 0.0904. The van der Waals surface area contributed by atoms with Crippen molar-refractivity contribution in [3.8, 4) is 0 Å². The summed E-state index contributed by atoms with van der Waals surface area (Å²) in [4.78, 5) is 19.7. The summed E-state index contributed by atoms with van der Waals surface area (Å²) in [7, 11) is 3.80. The number of furan rings is 1. The third-order valence-corrected chi connectivity index (χ3v) is 4.35. The van der Waals surface area contributed by atoms with Crippen molar-refractivity contribution in [1.82, 2.24) is 24.8 Å². The molecule has 1 aliphatic heterocycles. The van der Waals surface area contributed by atoms with E-state index in [2.05, 4.69) is 31.7 Å². The van der Waals surface area contributed by atoms with Crippen LogP contribution in [0, 0.1) is 0 Å². The maximum atomic E-state index is 5.84. The smallest absolute Gasteiger partial charge is 0.229 e. The van der Waals surface area contributed by atoms with Gasteiger partial charge in [0.1, 0.15) is 5.76 Å². The van der Waals surface area contributed by atoms with Crippen LogP contribution in [0.25, 0.3) is 0 Å². The molecule has 2 aromatic heterocycles. The summed E-state index contributed by atoms with van der Waals surface area (Å²) in [6.07, 6.45) is 1.72. The highest BCUT2D eigenvalue weighted by Gasteiger charge is 2.25. The van der Waals surface area contributed by atoms with Gasteiger partial charge in [0.2, 0.25) is 11.9 Å². The molecule has 3 heterocycles. The number of hydrogen-bond acceptors (Lipinski definition) is 8. The van der Waals surface area contributed by atoms with E-state index in [0.29, 0.717) is 5.95 Å². The van der Waals surface area contributed by atoms with E-state index < -0.39 is 0 Å². The number of nitrogens with zero attached hydrogens (tertiary/aromatic N) is 6. The topological polar surface area (TPSA) is 87.5 Å². The predicted octanol–water partition coefficient (Wildman–Crippen LogP) is 0.992. The van der Waals surface area contributed by atoms with E-state index in [4.69, 9.17) is 10.2 Å². The van der Waals surface area contributed by atoms with Crippen molar-refractivity contribution in [2.75, 3.05) is 50.9 Å². The maximum Gasteiger partial charge on any atom is 0.229 e. The van der Waals surface area contributed by atoms with Crippen molar-refractivity contribution in [3.05, 3.63) is 30.0 Å². The van der Waals surface area contributed by atoms with Crippen LogP contribution in [0.15, 0.2) is 22.8 Å². The first kappa shape index (κ1) is 16.7. The van der Waals surface area contributed by atoms with Crippen LogP contribution in [0.5, 0.6) is 0 Å². The van der Waals surface area contributed by atoms with Gasteiger partial charge in [0.05, 0.1) is 18.8 Å². The minimum Gasteiger partial charge on any atom is -0.468 e. The van der Waals surface area contributed by atoms with E-state index >= 15 is 0 Å². The number of aromatic nitrogens is 3. The maximum absolute atomic E-state index is 5.84. The fourth-order valence-electron chi connectivity index (χ4n) is 2.88. The molecule has 1 aliphatic rings. The van der Waals surface area contributed by atoms with Crippen molar-refractivity contribution in [2.24, 2.45) is 0 Å². The van der Waals surface area contributed by atoms with Crippen LogP contribution in [0.1, 0.15) is 24.6 Å². The van der Waals surface area contributed by atoms with Crippen LogP contribution in [-0.2, 0) is 6.54 Å².